The Balaban J connectivity index is 0. The summed E-state index contributed by atoms with van der Waals surface area (Å²) in [5.41, 5.74) is 0. The van der Waals surface area contributed by atoms with Crippen molar-refractivity contribution in [1.29, 1.82) is 0 Å². The lowest BCUT2D eigenvalue weighted by molar-refractivity contribution is -0.929. The van der Waals surface area contributed by atoms with Crippen LogP contribution in [0, 0.1) is 0 Å². The summed E-state index contributed by atoms with van der Waals surface area (Å²) in [5.74, 6) is 0. The molecule has 4 heteroatoms. The minimum absolute atomic E-state index is 0. The van der Waals surface area contributed by atoms with Crippen LogP contribution in [0.2, 0.25) is 0 Å². The Hall–Kier alpha value is 0.170. The maximum absolute atomic E-state index is 9.57. The molecular weight excluding hydrogens is 370 g/mol. The van der Waals surface area contributed by atoms with Crippen LogP contribution in [0.5, 0.6) is 0 Å². The van der Waals surface area contributed by atoms with E-state index >= 15 is 0 Å². The largest absolute Gasteiger partial charge is 1.00 e. The number of nitrogens with zero attached hydrogens (tertiary/aromatic N) is 1. The molecule has 0 fully saturated rings. The van der Waals surface area contributed by atoms with Gasteiger partial charge in [-0.05, 0) is 25.7 Å². The number of rotatable bonds is 22. The number of hydrogen-bond acceptors (Lipinski definition) is 2. The second-order valence-electron chi connectivity index (χ2n) is 8.63. The van der Waals surface area contributed by atoms with E-state index < -0.39 is 0 Å². The molecule has 0 radical (unpaired) electrons. The highest BCUT2D eigenvalue weighted by molar-refractivity contribution is 4.52. The summed E-state index contributed by atoms with van der Waals surface area (Å²) in [6.07, 6.45) is 21.5. The summed E-state index contributed by atoms with van der Waals surface area (Å²) in [7, 11) is 0. The van der Waals surface area contributed by atoms with Gasteiger partial charge >= 0.3 is 0 Å². The Morgan fingerprint density at radius 3 is 1.00 bits per heavy atom. The van der Waals surface area contributed by atoms with E-state index in [1.165, 1.54) is 103 Å². The number of aliphatic hydroxyl groups excluding tert-OH is 2. The number of unbranched alkanes of at least 4 members (excludes halogenated alkanes) is 14. The quantitative estimate of drug-likeness (QED) is 0.208. The average Bonchev–Trinajstić information content (AvgIpc) is 2.66. The highest BCUT2D eigenvalue weighted by Gasteiger charge is 2.25. The van der Waals surface area contributed by atoms with Gasteiger partial charge in [0.2, 0.25) is 0 Å². The molecule has 0 aromatic heterocycles. The Morgan fingerprint density at radius 2 is 0.714 bits per heavy atom. The van der Waals surface area contributed by atoms with Crippen molar-refractivity contribution < 1.29 is 27.1 Å². The predicted octanol–water partition coefficient (Wildman–Crippen LogP) is 3.07. The second-order valence-corrected chi connectivity index (χ2v) is 8.63. The van der Waals surface area contributed by atoms with Gasteiger partial charge in [-0.1, -0.05) is 90.9 Å². The molecule has 2 N–H and O–H groups in total. The Bertz CT molecular complexity index is 284. The molecule has 0 aromatic carbocycles. The van der Waals surface area contributed by atoms with E-state index in [-0.39, 0.29) is 25.6 Å². The minimum Gasteiger partial charge on any atom is -1.00 e. The van der Waals surface area contributed by atoms with E-state index in [0.29, 0.717) is 0 Å². The van der Waals surface area contributed by atoms with Gasteiger partial charge in [0.1, 0.15) is 13.1 Å². The van der Waals surface area contributed by atoms with Crippen LogP contribution < -0.4 is 12.4 Å². The molecule has 0 saturated carbocycles. The predicted molar refractivity (Wildman–Crippen MR) is 119 cm³/mol. The fourth-order valence-corrected chi connectivity index (χ4v) is 4.26. The number of quaternary nitrogens is 1. The summed E-state index contributed by atoms with van der Waals surface area (Å²) in [5, 5.41) is 19.1. The molecule has 0 bridgehead atoms. The van der Waals surface area contributed by atoms with Gasteiger partial charge in [-0.2, -0.15) is 0 Å². The van der Waals surface area contributed by atoms with Crippen molar-refractivity contribution in [3.05, 3.63) is 0 Å². The molecule has 172 valence electrons. The Labute approximate surface area is 183 Å². The van der Waals surface area contributed by atoms with Gasteiger partial charge in [0, 0.05) is 0 Å². The van der Waals surface area contributed by atoms with E-state index in [1.54, 1.807) is 0 Å². The summed E-state index contributed by atoms with van der Waals surface area (Å²) >= 11 is 0. The lowest BCUT2D eigenvalue weighted by atomic mass is 10.1. The first-order valence-electron chi connectivity index (χ1n) is 12.3. The minimum atomic E-state index is 0. The third-order valence-electron chi connectivity index (χ3n) is 6.12. The fraction of sp³-hybridized carbons (Fsp3) is 1.00. The smallest absolute Gasteiger partial charge is 0.102 e. The molecule has 0 aromatic rings. The molecule has 0 rings (SSSR count). The highest BCUT2D eigenvalue weighted by atomic mass is 35.5. The third kappa shape index (κ3) is 18.2. The molecule has 0 heterocycles. The zero-order valence-corrected chi connectivity index (χ0v) is 20.0. The van der Waals surface area contributed by atoms with E-state index in [4.69, 9.17) is 0 Å². The van der Waals surface area contributed by atoms with Crippen molar-refractivity contribution in [3.63, 3.8) is 0 Å². The van der Waals surface area contributed by atoms with Gasteiger partial charge in [-0.15, -0.1) is 0 Å². The number of hydrogen-bond donors (Lipinski definition) is 2. The van der Waals surface area contributed by atoms with Crippen LogP contribution in [-0.2, 0) is 0 Å². The Kier molecular flexibility index (Phi) is 25.4. The molecule has 0 saturated heterocycles. The maximum atomic E-state index is 9.57. The van der Waals surface area contributed by atoms with E-state index in [0.717, 1.165) is 30.7 Å². The first-order valence-corrected chi connectivity index (χ1v) is 12.3. The lowest BCUT2D eigenvalue weighted by Gasteiger charge is -2.38. The first kappa shape index (κ1) is 30.4. The molecular formula is C24H52ClNO2. The van der Waals surface area contributed by atoms with Crippen molar-refractivity contribution in [2.75, 3.05) is 39.4 Å². The van der Waals surface area contributed by atoms with Gasteiger partial charge < -0.3 is 27.1 Å². The van der Waals surface area contributed by atoms with Crippen LogP contribution in [0.3, 0.4) is 0 Å². The van der Waals surface area contributed by atoms with Crippen LogP contribution >= 0.6 is 0 Å². The molecule has 0 aliphatic rings. The van der Waals surface area contributed by atoms with Gasteiger partial charge in [0.05, 0.1) is 26.3 Å². The van der Waals surface area contributed by atoms with Crippen LogP contribution in [0.25, 0.3) is 0 Å². The average molecular weight is 422 g/mol. The zero-order valence-electron chi connectivity index (χ0n) is 19.3. The van der Waals surface area contributed by atoms with Crippen LogP contribution in [0.4, 0.5) is 0 Å². The van der Waals surface area contributed by atoms with Crippen LogP contribution in [-0.4, -0.2) is 54.1 Å². The normalized spacial score (nSPS) is 11.6. The Morgan fingerprint density at radius 1 is 0.429 bits per heavy atom. The van der Waals surface area contributed by atoms with Crippen LogP contribution in [0.15, 0.2) is 0 Å². The van der Waals surface area contributed by atoms with E-state index in [9.17, 15) is 10.2 Å². The fourth-order valence-electron chi connectivity index (χ4n) is 4.26. The highest BCUT2D eigenvalue weighted by Crippen LogP contribution is 2.16. The molecule has 0 aliphatic carbocycles. The molecule has 0 atom stereocenters. The topological polar surface area (TPSA) is 40.5 Å². The third-order valence-corrected chi connectivity index (χ3v) is 6.12. The standard InChI is InChI=1S/C24H52NO2.ClH/c1-3-5-7-9-11-12-13-14-16-18-20-25(21-23-26,22-24-27)19-17-15-10-8-6-4-2;/h26-27H,3-24H2,1-2H3;1H/q+1;/p-1. The van der Waals surface area contributed by atoms with Gasteiger partial charge in [-0.3, -0.25) is 0 Å². The van der Waals surface area contributed by atoms with Gasteiger partial charge in [0.25, 0.3) is 0 Å². The van der Waals surface area contributed by atoms with Crippen molar-refractivity contribution >= 4 is 0 Å². The van der Waals surface area contributed by atoms with Crippen molar-refractivity contribution in [2.24, 2.45) is 0 Å². The summed E-state index contributed by atoms with van der Waals surface area (Å²) in [6, 6.07) is 0. The summed E-state index contributed by atoms with van der Waals surface area (Å²) in [4.78, 5) is 0. The molecule has 0 amide bonds. The van der Waals surface area contributed by atoms with Crippen LogP contribution in [0.1, 0.15) is 117 Å². The number of halogens is 1. The molecule has 28 heavy (non-hydrogen) atoms. The van der Waals surface area contributed by atoms with Gasteiger partial charge in [-0.25, -0.2) is 0 Å². The zero-order chi connectivity index (χ0) is 20.1. The summed E-state index contributed by atoms with van der Waals surface area (Å²) in [6.45, 7) is 8.91. The van der Waals surface area contributed by atoms with Crippen molar-refractivity contribution in [1.82, 2.24) is 0 Å². The van der Waals surface area contributed by atoms with Crippen molar-refractivity contribution in [2.45, 2.75) is 117 Å². The van der Waals surface area contributed by atoms with Gasteiger partial charge in [0.15, 0.2) is 0 Å². The monoisotopic (exact) mass is 421 g/mol. The number of aliphatic hydroxyl groups is 2. The van der Waals surface area contributed by atoms with E-state index in [1.807, 2.05) is 0 Å². The van der Waals surface area contributed by atoms with E-state index in [2.05, 4.69) is 13.8 Å². The molecule has 0 unspecified atom stereocenters. The molecule has 0 aliphatic heterocycles. The lowest BCUT2D eigenvalue weighted by Crippen LogP contribution is -3.00. The van der Waals surface area contributed by atoms with Crippen molar-refractivity contribution in [3.8, 4) is 0 Å². The second kappa shape index (κ2) is 23.4. The maximum Gasteiger partial charge on any atom is 0.102 e. The molecule has 0 spiro atoms. The SMILES string of the molecule is CCCCCCCCCCCC[N+](CCO)(CCO)CCCCCCCC.[Cl-]. The first-order chi connectivity index (χ1) is 13.2. The molecule has 3 nitrogen and oxygen atoms in total. The summed E-state index contributed by atoms with van der Waals surface area (Å²) < 4.78 is 0.928.